The molecule has 6 bridgehead atoms. The van der Waals surface area contributed by atoms with Gasteiger partial charge in [-0.1, -0.05) is 30.7 Å². The van der Waals surface area contributed by atoms with Gasteiger partial charge in [-0.2, -0.15) is 0 Å². The number of rotatable bonds is 7. The normalized spacial score (nSPS) is 35.6. The van der Waals surface area contributed by atoms with Crippen molar-refractivity contribution in [3.8, 4) is 0 Å². The molecule has 266 valence electrons. The van der Waals surface area contributed by atoms with Gasteiger partial charge in [0, 0.05) is 23.6 Å². The second-order valence-corrected chi connectivity index (χ2v) is 17.6. The van der Waals surface area contributed by atoms with Crippen LogP contribution in [-0.2, 0) is 6.42 Å². The Kier molecular flexibility index (Phi) is 9.40. The molecular weight excluding hydrogens is 612 g/mol. The number of allylic oxidation sites excluding steroid dienone is 2. The Balaban J connectivity index is 1.27. The first-order chi connectivity index (χ1) is 23.4. The Morgan fingerprint density at radius 2 is 1.73 bits per heavy atom. The highest BCUT2D eigenvalue weighted by molar-refractivity contribution is 6.08. The standard InChI is InChI=1S/C42H58N2O5/c1-27(2)43-39(47)44(25-41-22-30-17-31(23-41)19-32(18-30)24-41)26-42(48)15-13-36-34-12-10-29(21-35(34)38(46)37-8-6-16-49-37)20-33(45)11-9-28(3)7-5-14-40(36,42)4/h6-8,10,12,16,21,27,30-33,36,45,48H,5,9,11,13-15,17-20,22-26H2,1-4H3,(H,43,47)/t30?,31?,32?,33-,36-,40-,41?,42+/m0/s1. The number of carbonyl (C=O) groups excluding carboxylic acids is 2. The fraction of sp³-hybridized carbons (Fsp3) is 0.667. The number of aliphatic hydroxyl groups is 2. The van der Waals surface area contributed by atoms with Crippen molar-refractivity contribution in [1.82, 2.24) is 10.2 Å². The van der Waals surface area contributed by atoms with E-state index in [1.807, 2.05) is 24.8 Å². The SMILES string of the molecule is CC1=CCC[C@@]2(C)[C@@H](CC[C@@]2(O)CN(CC23CC4CC(CC(C4)C2)C3)C(=O)NC(C)C)c2ccc(cc2C(=O)c2ccco2)C[C@@H](O)CC1. The number of nitrogens with zero attached hydrogens (tertiary/aromatic N) is 1. The average molecular weight is 671 g/mol. The number of hydrogen-bond acceptors (Lipinski definition) is 5. The van der Waals surface area contributed by atoms with Crippen LogP contribution in [0.5, 0.6) is 0 Å². The molecule has 1 aromatic carbocycles. The number of carbonyl (C=O) groups is 2. The van der Waals surface area contributed by atoms with Crippen molar-refractivity contribution in [3.05, 3.63) is 70.7 Å². The molecule has 7 heteroatoms. The number of benzene rings is 1. The fourth-order valence-electron chi connectivity index (χ4n) is 11.5. The van der Waals surface area contributed by atoms with Crippen LogP contribution in [-0.4, -0.2) is 57.8 Å². The Hall–Kier alpha value is -2.90. The molecule has 7 nitrogen and oxygen atoms in total. The summed E-state index contributed by atoms with van der Waals surface area (Å²) in [6, 6.07) is 9.45. The van der Waals surface area contributed by atoms with E-state index < -0.39 is 17.1 Å². The summed E-state index contributed by atoms with van der Waals surface area (Å²) in [6.45, 7) is 9.35. The molecule has 0 aliphatic heterocycles. The number of urea groups is 1. The fourth-order valence-corrected chi connectivity index (χ4v) is 11.5. The maximum atomic E-state index is 14.1. The van der Waals surface area contributed by atoms with Crippen LogP contribution in [0.15, 0.2) is 52.7 Å². The third-order valence-electron chi connectivity index (χ3n) is 13.5. The van der Waals surface area contributed by atoms with Gasteiger partial charge in [-0.15, -0.1) is 0 Å². The van der Waals surface area contributed by atoms with Gasteiger partial charge < -0.3 is 24.8 Å². The van der Waals surface area contributed by atoms with Crippen molar-refractivity contribution in [2.75, 3.05) is 13.1 Å². The van der Waals surface area contributed by atoms with E-state index in [0.717, 1.165) is 48.1 Å². The summed E-state index contributed by atoms with van der Waals surface area (Å²) in [7, 11) is 0. The van der Waals surface area contributed by atoms with E-state index in [4.69, 9.17) is 4.42 Å². The van der Waals surface area contributed by atoms with Crippen LogP contribution < -0.4 is 5.32 Å². The molecule has 4 atom stereocenters. The van der Waals surface area contributed by atoms with Crippen LogP contribution in [0.2, 0.25) is 0 Å². The van der Waals surface area contributed by atoms with Gasteiger partial charge in [-0.3, -0.25) is 4.79 Å². The van der Waals surface area contributed by atoms with Crippen LogP contribution in [0.1, 0.15) is 138 Å². The van der Waals surface area contributed by atoms with Gasteiger partial charge in [0.2, 0.25) is 5.78 Å². The van der Waals surface area contributed by atoms with Gasteiger partial charge in [-0.25, -0.2) is 4.79 Å². The van der Waals surface area contributed by atoms with Crippen LogP contribution in [0, 0.1) is 28.6 Å². The van der Waals surface area contributed by atoms with E-state index in [1.165, 1.54) is 50.4 Å². The Morgan fingerprint density at radius 1 is 1.02 bits per heavy atom. The molecule has 1 aromatic heterocycles. The summed E-state index contributed by atoms with van der Waals surface area (Å²) in [5.41, 5.74) is 2.08. The Morgan fingerprint density at radius 3 is 2.39 bits per heavy atom. The Bertz CT molecular complexity index is 1530. The van der Waals surface area contributed by atoms with Gasteiger partial charge in [0.25, 0.3) is 0 Å². The van der Waals surface area contributed by atoms with E-state index in [1.54, 1.807) is 12.1 Å². The summed E-state index contributed by atoms with van der Waals surface area (Å²) in [4.78, 5) is 30.2. The number of fused-ring (bicyclic) bond motifs is 8. The molecule has 3 N–H and O–H groups in total. The van der Waals surface area contributed by atoms with Crippen molar-refractivity contribution in [2.24, 2.45) is 28.6 Å². The van der Waals surface area contributed by atoms with Gasteiger partial charge in [0.1, 0.15) is 0 Å². The zero-order valence-electron chi connectivity index (χ0n) is 30.2. The molecule has 9 rings (SSSR count). The minimum atomic E-state index is -1.15. The van der Waals surface area contributed by atoms with Gasteiger partial charge in [0.15, 0.2) is 5.76 Å². The number of furan rings is 1. The number of hydrogen-bond donors (Lipinski definition) is 3. The summed E-state index contributed by atoms with van der Waals surface area (Å²) < 4.78 is 5.61. The molecule has 2 amide bonds. The van der Waals surface area contributed by atoms with E-state index in [-0.39, 0.29) is 35.7 Å². The number of aliphatic hydroxyl groups excluding tert-OH is 1. The molecule has 0 unspecified atom stereocenters. The van der Waals surface area contributed by atoms with E-state index in [0.29, 0.717) is 43.6 Å². The summed E-state index contributed by atoms with van der Waals surface area (Å²) >= 11 is 0. The minimum absolute atomic E-state index is 0.00240. The lowest BCUT2D eigenvalue weighted by Gasteiger charge is -2.58. The van der Waals surface area contributed by atoms with Crippen molar-refractivity contribution < 1.29 is 24.2 Å². The molecule has 5 fully saturated rings. The zero-order chi connectivity index (χ0) is 34.6. The molecule has 0 radical (unpaired) electrons. The molecule has 0 saturated heterocycles. The molecule has 5 saturated carbocycles. The summed E-state index contributed by atoms with van der Waals surface area (Å²) in [6.07, 6.45) is 15.7. The van der Waals surface area contributed by atoms with E-state index in [9.17, 15) is 19.8 Å². The molecule has 7 aliphatic rings. The van der Waals surface area contributed by atoms with Crippen molar-refractivity contribution in [3.63, 3.8) is 0 Å². The lowest BCUT2D eigenvalue weighted by molar-refractivity contribution is -0.0985. The Labute approximate surface area is 292 Å². The largest absolute Gasteiger partial charge is 0.461 e. The third kappa shape index (κ3) is 6.79. The summed E-state index contributed by atoms with van der Waals surface area (Å²) in [5, 5.41) is 27.2. The van der Waals surface area contributed by atoms with Crippen LogP contribution in [0.4, 0.5) is 4.79 Å². The lowest BCUT2D eigenvalue weighted by Crippen LogP contribution is -2.59. The molecule has 7 aliphatic carbocycles. The van der Waals surface area contributed by atoms with Gasteiger partial charge in [0.05, 0.1) is 24.5 Å². The second kappa shape index (κ2) is 13.3. The van der Waals surface area contributed by atoms with Crippen molar-refractivity contribution in [1.29, 1.82) is 0 Å². The number of nitrogens with one attached hydrogen (secondary N) is 1. The topological polar surface area (TPSA) is 103 Å². The highest BCUT2D eigenvalue weighted by atomic mass is 16.3. The number of ketones is 1. The predicted octanol–water partition coefficient (Wildman–Crippen LogP) is 8.19. The third-order valence-corrected chi connectivity index (χ3v) is 13.5. The molecule has 49 heavy (non-hydrogen) atoms. The van der Waals surface area contributed by atoms with Crippen LogP contribution in [0.3, 0.4) is 0 Å². The maximum absolute atomic E-state index is 14.1. The predicted molar refractivity (Wildman–Crippen MR) is 191 cm³/mol. The minimum Gasteiger partial charge on any atom is -0.461 e. The summed E-state index contributed by atoms with van der Waals surface area (Å²) in [5.74, 6) is 2.36. The molecule has 1 heterocycles. The number of amides is 2. The van der Waals surface area contributed by atoms with Gasteiger partial charge in [-0.05, 0) is 163 Å². The highest BCUT2D eigenvalue weighted by Crippen LogP contribution is 2.62. The zero-order valence-corrected chi connectivity index (χ0v) is 30.2. The molecule has 0 spiro atoms. The molecular formula is C42H58N2O5. The van der Waals surface area contributed by atoms with E-state index in [2.05, 4.69) is 37.4 Å². The average Bonchev–Trinajstić information content (AvgIpc) is 3.65. The first kappa shape index (κ1) is 34.5. The first-order valence-electron chi connectivity index (χ1n) is 19.2. The monoisotopic (exact) mass is 670 g/mol. The second-order valence-electron chi connectivity index (χ2n) is 17.6. The van der Waals surface area contributed by atoms with Crippen LogP contribution >= 0.6 is 0 Å². The van der Waals surface area contributed by atoms with Crippen molar-refractivity contribution in [2.45, 2.75) is 135 Å². The lowest BCUT2D eigenvalue weighted by atomic mass is 9.49. The van der Waals surface area contributed by atoms with Crippen LogP contribution in [0.25, 0.3) is 0 Å². The smallest absolute Gasteiger partial charge is 0.317 e. The first-order valence-corrected chi connectivity index (χ1v) is 19.2. The van der Waals surface area contributed by atoms with Crippen molar-refractivity contribution >= 4 is 11.8 Å². The maximum Gasteiger partial charge on any atom is 0.317 e. The molecule has 2 aromatic rings. The van der Waals surface area contributed by atoms with Gasteiger partial charge >= 0.3 is 6.03 Å². The van der Waals surface area contributed by atoms with E-state index >= 15 is 0 Å². The highest BCUT2D eigenvalue weighted by Gasteiger charge is 2.59. The quantitative estimate of drug-likeness (QED) is 0.204.